The molecule has 25 heavy (non-hydrogen) atoms. The van der Waals surface area contributed by atoms with Gasteiger partial charge in [-0.25, -0.2) is 9.97 Å². The van der Waals surface area contributed by atoms with Gasteiger partial charge in [-0.1, -0.05) is 24.3 Å². The van der Waals surface area contributed by atoms with Crippen molar-refractivity contribution < 1.29 is 10.2 Å². The Morgan fingerprint density at radius 2 is 1.20 bits per heavy atom. The lowest BCUT2D eigenvalue weighted by atomic mass is 10.0. The second kappa shape index (κ2) is 5.79. The van der Waals surface area contributed by atoms with E-state index in [-0.39, 0.29) is 11.5 Å². The van der Waals surface area contributed by atoms with Crippen LogP contribution in [-0.2, 0) is 0 Å². The number of phenols is 2. The highest BCUT2D eigenvalue weighted by atomic mass is 16.3. The van der Waals surface area contributed by atoms with Crippen molar-refractivity contribution in [2.45, 2.75) is 0 Å². The first-order valence-corrected chi connectivity index (χ1v) is 7.76. The van der Waals surface area contributed by atoms with E-state index in [4.69, 9.17) is 15.7 Å². The summed E-state index contributed by atoms with van der Waals surface area (Å²) < 4.78 is 0. The van der Waals surface area contributed by atoms with Crippen LogP contribution < -0.4 is 5.73 Å². The lowest BCUT2D eigenvalue weighted by molar-refractivity contribution is 0.475. The van der Waals surface area contributed by atoms with E-state index < -0.39 is 0 Å². The van der Waals surface area contributed by atoms with Crippen LogP contribution >= 0.6 is 0 Å². The topological polar surface area (TPSA) is 92.3 Å². The standard InChI is InChI=1S/C20H15N3O2/c21-14-7-8-17-18(11-14)23-20(13-4-2-6-16(25)10-13)19(22-17)12-3-1-5-15(24)9-12/h1-11,24-25H,21H2. The highest BCUT2D eigenvalue weighted by Gasteiger charge is 2.14. The quantitative estimate of drug-likeness (QED) is 0.484. The highest BCUT2D eigenvalue weighted by Crippen LogP contribution is 2.33. The number of hydrogen-bond donors (Lipinski definition) is 3. The molecule has 0 aliphatic heterocycles. The molecule has 0 saturated carbocycles. The van der Waals surface area contributed by atoms with E-state index in [2.05, 4.69) is 0 Å². The van der Waals surface area contributed by atoms with E-state index in [1.165, 1.54) is 0 Å². The lowest BCUT2D eigenvalue weighted by Gasteiger charge is -2.11. The molecular formula is C20H15N3O2. The Balaban J connectivity index is 2.05. The van der Waals surface area contributed by atoms with Crippen molar-refractivity contribution in [2.75, 3.05) is 5.73 Å². The van der Waals surface area contributed by atoms with Crippen LogP contribution in [0.25, 0.3) is 33.5 Å². The molecule has 0 radical (unpaired) electrons. The fraction of sp³-hybridized carbons (Fsp3) is 0. The Morgan fingerprint density at radius 3 is 1.76 bits per heavy atom. The van der Waals surface area contributed by atoms with Gasteiger partial charge in [0.25, 0.3) is 0 Å². The predicted molar refractivity (Wildman–Crippen MR) is 98.2 cm³/mol. The van der Waals surface area contributed by atoms with Crippen molar-refractivity contribution in [1.29, 1.82) is 0 Å². The first kappa shape index (κ1) is 15.0. The molecule has 0 atom stereocenters. The number of phenolic OH excluding ortho intramolecular Hbond substituents is 2. The summed E-state index contributed by atoms with van der Waals surface area (Å²) in [6, 6.07) is 19.1. The second-order valence-corrected chi connectivity index (χ2v) is 5.77. The van der Waals surface area contributed by atoms with Gasteiger partial charge in [0, 0.05) is 16.8 Å². The predicted octanol–water partition coefficient (Wildman–Crippen LogP) is 3.96. The van der Waals surface area contributed by atoms with Crippen molar-refractivity contribution in [2.24, 2.45) is 0 Å². The van der Waals surface area contributed by atoms with Crippen molar-refractivity contribution in [3.8, 4) is 34.0 Å². The summed E-state index contributed by atoms with van der Waals surface area (Å²) in [7, 11) is 0. The van der Waals surface area contributed by atoms with Gasteiger partial charge in [-0.05, 0) is 42.5 Å². The molecule has 1 heterocycles. The zero-order valence-electron chi connectivity index (χ0n) is 13.2. The van der Waals surface area contributed by atoms with E-state index in [9.17, 15) is 10.2 Å². The molecular weight excluding hydrogens is 314 g/mol. The van der Waals surface area contributed by atoms with E-state index in [1.54, 1.807) is 48.5 Å². The van der Waals surface area contributed by atoms with Gasteiger partial charge in [0.1, 0.15) is 11.5 Å². The number of fused-ring (bicyclic) bond motifs is 1. The van der Waals surface area contributed by atoms with Crippen molar-refractivity contribution in [3.05, 3.63) is 66.7 Å². The fourth-order valence-corrected chi connectivity index (χ4v) is 2.78. The number of anilines is 1. The number of nitrogens with two attached hydrogens (primary N) is 1. The second-order valence-electron chi connectivity index (χ2n) is 5.77. The Morgan fingerprint density at radius 1 is 0.640 bits per heavy atom. The van der Waals surface area contributed by atoms with Crippen LogP contribution in [-0.4, -0.2) is 20.2 Å². The van der Waals surface area contributed by atoms with Crippen molar-refractivity contribution in [3.63, 3.8) is 0 Å². The fourth-order valence-electron chi connectivity index (χ4n) is 2.78. The summed E-state index contributed by atoms with van der Waals surface area (Å²) in [6.07, 6.45) is 0. The van der Waals surface area contributed by atoms with Crippen molar-refractivity contribution >= 4 is 16.7 Å². The summed E-state index contributed by atoms with van der Waals surface area (Å²) in [5.41, 5.74) is 10.6. The molecule has 0 saturated heterocycles. The normalized spacial score (nSPS) is 10.9. The van der Waals surface area contributed by atoms with Crippen LogP contribution in [0.4, 0.5) is 5.69 Å². The number of nitrogen functional groups attached to an aromatic ring is 1. The third-order valence-corrected chi connectivity index (χ3v) is 3.93. The molecule has 4 aromatic rings. The van der Waals surface area contributed by atoms with Gasteiger partial charge < -0.3 is 15.9 Å². The summed E-state index contributed by atoms with van der Waals surface area (Å²) in [5.74, 6) is 0.299. The smallest absolute Gasteiger partial charge is 0.116 e. The van der Waals surface area contributed by atoms with Gasteiger partial charge in [-0.2, -0.15) is 0 Å². The third kappa shape index (κ3) is 2.83. The van der Waals surface area contributed by atoms with Gasteiger partial charge in [0.15, 0.2) is 0 Å². The maximum absolute atomic E-state index is 9.83. The molecule has 4 rings (SSSR count). The summed E-state index contributed by atoms with van der Waals surface area (Å²) in [5, 5.41) is 19.7. The molecule has 0 fully saturated rings. The molecule has 3 aromatic carbocycles. The Hall–Kier alpha value is -3.60. The number of aromatic nitrogens is 2. The maximum Gasteiger partial charge on any atom is 0.116 e. The molecule has 1 aromatic heterocycles. The van der Waals surface area contributed by atoms with E-state index in [0.717, 1.165) is 11.1 Å². The molecule has 0 spiro atoms. The third-order valence-electron chi connectivity index (χ3n) is 3.93. The number of benzene rings is 3. The minimum atomic E-state index is 0.147. The van der Waals surface area contributed by atoms with Crippen LogP contribution in [0.2, 0.25) is 0 Å². The Labute approximate surface area is 144 Å². The van der Waals surface area contributed by atoms with Crippen LogP contribution in [0.3, 0.4) is 0 Å². The van der Waals surface area contributed by atoms with Crippen LogP contribution in [0, 0.1) is 0 Å². The highest BCUT2D eigenvalue weighted by molar-refractivity contribution is 5.87. The van der Waals surface area contributed by atoms with Gasteiger partial charge in [-0.15, -0.1) is 0 Å². The van der Waals surface area contributed by atoms with E-state index in [1.807, 2.05) is 18.2 Å². The zero-order chi connectivity index (χ0) is 17.4. The van der Waals surface area contributed by atoms with Gasteiger partial charge in [-0.3, -0.25) is 0 Å². The molecule has 5 heteroatoms. The molecule has 5 nitrogen and oxygen atoms in total. The molecule has 0 amide bonds. The molecule has 0 bridgehead atoms. The molecule has 0 aliphatic carbocycles. The zero-order valence-corrected chi connectivity index (χ0v) is 13.2. The maximum atomic E-state index is 9.83. The van der Waals surface area contributed by atoms with Crippen molar-refractivity contribution in [1.82, 2.24) is 9.97 Å². The Kier molecular flexibility index (Phi) is 3.47. The van der Waals surface area contributed by atoms with Crippen LogP contribution in [0.15, 0.2) is 66.7 Å². The minimum absolute atomic E-state index is 0.147. The average Bonchev–Trinajstić information content (AvgIpc) is 2.60. The molecule has 0 unspecified atom stereocenters. The minimum Gasteiger partial charge on any atom is -0.508 e. The van der Waals surface area contributed by atoms with Crippen LogP contribution in [0.5, 0.6) is 11.5 Å². The number of aromatic hydroxyl groups is 2. The largest absolute Gasteiger partial charge is 0.508 e. The lowest BCUT2D eigenvalue weighted by Crippen LogP contribution is -1.96. The van der Waals surface area contributed by atoms with Gasteiger partial charge in [0.2, 0.25) is 0 Å². The summed E-state index contributed by atoms with van der Waals surface area (Å²) >= 11 is 0. The first-order valence-electron chi connectivity index (χ1n) is 7.76. The molecule has 0 aliphatic rings. The number of nitrogens with zero attached hydrogens (tertiary/aromatic N) is 2. The summed E-state index contributed by atoms with van der Waals surface area (Å²) in [6.45, 7) is 0. The number of rotatable bonds is 2. The van der Waals surface area contributed by atoms with Gasteiger partial charge >= 0.3 is 0 Å². The van der Waals surface area contributed by atoms with E-state index in [0.29, 0.717) is 28.1 Å². The van der Waals surface area contributed by atoms with E-state index >= 15 is 0 Å². The Bertz CT molecular complexity index is 1090. The van der Waals surface area contributed by atoms with Gasteiger partial charge in [0.05, 0.1) is 22.4 Å². The number of hydrogen-bond acceptors (Lipinski definition) is 5. The summed E-state index contributed by atoms with van der Waals surface area (Å²) in [4.78, 5) is 9.44. The monoisotopic (exact) mass is 329 g/mol. The molecule has 122 valence electrons. The molecule has 4 N–H and O–H groups in total. The average molecular weight is 329 g/mol. The van der Waals surface area contributed by atoms with Crippen LogP contribution in [0.1, 0.15) is 0 Å². The SMILES string of the molecule is Nc1ccc2nc(-c3cccc(O)c3)c(-c3cccc(O)c3)nc2c1. The first-order chi connectivity index (χ1) is 12.1.